The maximum atomic E-state index is 4.35. The van der Waals surface area contributed by atoms with Gasteiger partial charge < -0.3 is 10.2 Å². The maximum Gasteiger partial charge on any atom is 0.0194 e. The van der Waals surface area contributed by atoms with Gasteiger partial charge in [0, 0.05) is 39.3 Å². The second-order valence-corrected chi connectivity index (χ2v) is 5.42. The zero-order chi connectivity index (χ0) is 12.1. The Morgan fingerprint density at radius 3 is 2.71 bits per heavy atom. The van der Waals surface area contributed by atoms with Crippen molar-refractivity contribution >= 4 is 0 Å². The Balaban J connectivity index is 1.78. The van der Waals surface area contributed by atoms with Gasteiger partial charge in [0.2, 0.25) is 0 Å². The smallest absolute Gasteiger partial charge is 0.0194 e. The molecule has 0 aromatic carbocycles. The average Bonchev–Trinajstić information content (AvgIpc) is 2.40. The molecule has 0 amide bonds. The summed E-state index contributed by atoms with van der Waals surface area (Å²) in [6, 6.07) is 0. The molecule has 2 rings (SSSR count). The summed E-state index contributed by atoms with van der Waals surface area (Å²) >= 11 is 0. The largest absolute Gasteiger partial charge is 0.314 e. The number of piperazine rings is 1. The van der Waals surface area contributed by atoms with Gasteiger partial charge in [0.1, 0.15) is 0 Å². The number of piperidine rings is 1. The maximum absolute atomic E-state index is 4.35. The van der Waals surface area contributed by atoms with E-state index < -0.39 is 0 Å². The van der Waals surface area contributed by atoms with Crippen molar-refractivity contribution in [1.82, 2.24) is 15.1 Å². The summed E-state index contributed by atoms with van der Waals surface area (Å²) in [5.41, 5.74) is 1.46. The lowest BCUT2D eigenvalue weighted by molar-refractivity contribution is 0.187. The molecule has 2 saturated heterocycles. The van der Waals surface area contributed by atoms with E-state index in [0.29, 0.717) is 0 Å². The Hall–Kier alpha value is -0.380. The van der Waals surface area contributed by atoms with E-state index in [0.717, 1.165) is 25.6 Å². The van der Waals surface area contributed by atoms with Crippen LogP contribution in [0.3, 0.4) is 0 Å². The first-order valence-corrected chi connectivity index (χ1v) is 7.12. The summed E-state index contributed by atoms with van der Waals surface area (Å²) in [7, 11) is 0. The summed E-state index contributed by atoms with van der Waals surface area (Å²) in [5, 5.41) is 3.40. The van der Waals surface area contributed by atoms with Crippen LogP contribution in [0.15, 0.2) is 12.2 Å². The normalized spacial score (nSPS) is 28.2. The minimum Gasteiger partial charge on any atom is -0.314 e. The minimum absolute atomic E-state index is 0.735. The van der Waals surface area contributed by atoms with Gasteiger partial charge in [0.25, 0.3) is 0 Å². The minimum atomic E-state index is 0.735. The number of nitrogens with zero attached hydrogens (tertiary/aromatic N) is 2. The van der Waals surface area contributed by atoms with Crippen LogP contribution >= 0.6 is 0 Å². The van der Waals surface area contributed by atoms with Gasteiger partial charge in [-0.3, -0.25) is 4.90 Å². The Morgan fingerprint density at radius 2 is 2.00 bits per heavy atom. The molecule has 0 bridgehead atoms. The molecule has 2 aliphatic heterocycles. The topological polar surface area (TPSA) is 18.5 Å². The number of rotatable bonds is 4. The predicted octanol–water partition coefficient (Wildman–Crippen LogP) is 1.18. The van der Waals surface area contributed by atoms with E-state index >= 15 is 0 Å². The molecule has 0 saturated carbocycles. The zero-order valence-corrected chi connectivity index (χ0v) is 11.2. The van der Waals surface area contributed by atoms with E-state index in [1.54, 1.807) is 0 Å². The van der Waals surface area contributed by atoms with E-state index in [9.17, 15) is 0 Å². The molecule has 1 N–H and O–H groups in total. The van der Waals surface area contributed by atoms with Crippen molar-refractivity contribution in [3.8, 4) is 0 Å². The van der Waals surface area contributed by atoms with Crippen LogP contribution in [0.2, 0.25) is 0 Å². The van der Waals surface area contributed by atoms with Crippen molar-refractivity contribution in [1.29, 1.82) is 0 Å². The van der Waals surface area contributed by atoms with Crippen molar-refractivity contribution in [2.75, 3.05) is 52.4 Å². The second-order valence-electron chi connectivity index (χ2n) is 5.42. The highest BCUT2D eigenvalue weighted by Gasteiger charge is 2.22. The highest BCUT2D eigenvalue weighted by Crippen LogP contribution is 2.23. The molecule has 3 heteroatoms. The first-order valence-electron chi connectivity index (χ1n) is 7.12. The summed E-state index contributed by atoms with van der Waals surface area (Å²) < 4.78 is 0. The highest BCUT2D eigenvalue weighted by atomic mass is 15.2. The SMILES string of the molecule is C=C(CN1CCNCC1)C1CCCN(CC)C1. The molecular weight excluding hydrogens is 210 g/mol. The van der Waals surface area contributed by atoms with Crippen LogP contribution in [0.1, 0.15) is 19.8 Å². The van der Waals surface area contributed by atoms with Gasteiger partial charge >= 0.3 is 0 Å². The molecule has 2 aliphatic rings. The summed E-state index contributed by atoms with van der Waals surface area (Å²) in [6.45, 7) is 16.1. The average molecular weight is 237 g/mol. The van der Waals surface area contributed by atoms with Crippen molar-refractivity contribution in [2.24, 2.45) is 5.92 Å². The molecule has 0 radical (unpaired) electrons. The molecule has 1 unspecified atom stereocenters. The molecule has 0 aliphatic carbocycles. The van der Waals surface area contributed by atoms with Crippen LogP contribution in [0, 0.1) is 5.92 Å². The zero-order valence-electron chi connectivity index (χ0n) is 11.2. The monoisotopic (exact) mass is 237 g/mol. The number of hydrogen-bond acceptors (Lipinski definition) is 3. The molecule has 17 heavy (non-hydrogen) atoms. The number of nitrogens with one attached hydrogen (secondary N) is 1. The van der Waals surface area contributed by atoms with E-state index in [4.69, 9.17) is 0 Å². The highest BCUT2D eigenvalue weighted by molar-refractivity contribution is 5.06. The number of hydrogen-bond donors (Lipinski definition) is 1. The Bertz CT molecular complexity index is 246. The third-order valence-corrected chi connectivity index (χ3v) is 4.17. The van der Waals surface area contributed by atoms with Gasteiger partial charge in [-0.2, -0.15) is 0 Å². The van der Waals surface area contributed by atoms with Gasteiger partial charge in [0.15, 0.2) is 0 Å². The predicted molar refractivity (Wildman–Crippen MR) is 73.3 cm³/mol. The third kappa shape index (κ3) is 3.80. The lowest BCUT2D eigenvalue weighted by atomic mass is 9.91. The van der Waals surface area contributed by atoms with E-state index in [1.807, 2.05) is 0 Å². The number of likely N-dealkylation sites (tertiary alicyclic amines) is 1. The van der Waals surface area contributed by atoms with Crippen LogP contribution in [0.5, 0.6) is 0 Å². The summed E-state index contributed by atoms with van der Waals surface area (Å²) in [6.07, 6.45) is 2.69. The fraction of sp³-hybridized carbons (Fsp3) is 0.857. The van der Waals surface area contributed by atoms with Gasteiger partial charge in [-0.05, 0) is 31.8 Å². The molecule has 3 nitrogen and oxygen atoms in total. The fourth-order valence-electron chi connectivity index (χ4n) is 2.96. The molecule has 2 fully saturated rings. The molecule has 0 aromatic heterocycles. The Labute approximate surface area is 106 Å². The van der Waals surface area contributed by atoms with Crippen LogP contribution in [0.4, 0.5) is 0 Å². The van der Waals surface area contributed by atoms with Crippen LogP contribution in [-0.4, -0.2) is 62.2 Å². The first kappa shape index (κ1) is 13.1. The van der Waals surface area contributed by atoms with Gasteiger partial charge in [-0.25, -0.2) is 0 Å². The van der Waals surface area contributed by atoms with Gasteiger partial charge in [-0.15, -0.1) is 0 Å². The second kappa shape index (κ2) is 6.53. The van der Waals surface area contributed by atoms with E-state index in [2.05, 4.69) is 28.6 Å². The Morgan fingerprint density at radius 1 is 1.24 bits per heavy atom. The molecule has 2 heterocycles. The lowest BCUT2D eigenvalue weighted by Gasteiger charge is -2.35. The third-order valence-electron chi connectivity index (χ3n) is 4.17. The molecule has 0 aromatic rings. The quantitative estimate of drug-likeness (QED) is 0.741. The Kier molecular flexibility index (Phi) is 5.01. The van der Waals surface area contributed by atoms with Crippen molar-refractivity contribution < 1.29 is 0 Å². The van der Waals surface area contributed by atoms with Gasteiger partial charge in [-0.1, -0.05) is 19.1 Å². The fourth-order valence-corrected chi connectivity index (χ4v) is 2.96. The van der Waals surface area contributed by atoms with Crippen molar-refractivity contribution in [3.05, 3.63) is 12.2 Å². The van der Waals surface area contributed by atoms with E-state index in [1.165, 1.54) is 51.1 Å². The van der Waals surface area contributed by atoms with Crippen LogP contribution < -0.4 is 5.32 Å². The van der Waals surface area contributed by atoms with Crippen molar-refractivity contribution in [3.63, 3.8) is 0 Å². The molecule has 1 atom stereocenters. The van der Waals surface area contributed by atoms with Crippen LogP contribution in [0.25, 0.3) is 0 Å². The summed E-state index contributed by atoms with van der Waals surface area (Å²) in [5.74, 6) is 0.735. The molecular formula is C14H27N3. The standard InChI is InChI=1S/C14H27N3/c1-3-16-8-4-5-14(12-16)13(2)11-17-9-6-15-7-10-17/h14-15H,2-12H2,1H3. The molecule has 0 spiro atoms. The first-order chi connectivity index (χ1) is 8.29. The van der Waals surface area contributed by atoms with Crippen molar-refractivity contribution in [2.45, 2.75) is 19.8 Å². The molecule has 98 valence electrons. The van der Waals surface area contributed by atoms with Gasteiger partial charge in [0.05, 0.1) is 0 Å². The summed E-state index contributed by atoms with van der Waals surface area (Å²) in [4.78, 5) is 5.11. The lowest BCUT2D eigenvalue weighted by Crippen LogP contribution is -2.45. The van der Waals surface area contributed by atoms with E-state index in [-0.39, 0.29) is 0 Å². The van der Waals surface area contributed by atoms with Crippen LogP contribution in [-0.2, 0) is 0 Å².